The number of nitrogens with one attached hydrogen (secondary N) is 1. The summed E-state index contributed by atoms with van der Waals surface area (Å²) in [6.07, 6.45) is 1.80. The van der Waals surface area contributed by atoms with Gasteiger partial charge < -0.3 is 4.74 Å². The summed E-state index contributed by atoms with van der Waals surface area (Å²) in [7, 11) is 0. The van der Waals surface area contributed by atoms with E-state index in [4.69, 9.17) is 4.74 Å². The molecule has 1 aliphatic carbocycles. The Morgan fingerprint density at radius 2 is 2.00 bits per heavy atom. The van der Waals surface area contributed by atoms with Crippen molar-refractivity contribution < 1.29 is 19.2 Å². The topological polar surface area (TPSA) is 98.5 Å². The van der Waals surface area contributed by atoms with Gasteiger partial charge in [-0.15, -0.1) is 11.3 Å². The van der Waals surface area contributed by atoms with Crippen LogP contribution in [0.5, 0.6) is 0 Å². The summed E-state index contributed by atoms with van der Waals surface area (Å²) in [5.41, 5.74) is 1.65. The van der Waals surface area contributed by atoms with Gasteiger partial charge in [-0.1, -0.05) is 12.1 Å². The molecule has 25 heavy (non-hydrogen) atoms. The number of nitro groups is 1. The lowest BCUT2D eigenvalue weighted by Crippen LogP contribution is -2.13. The molecule has 1 N–H and O–H groups in total. The van der Waals surface area contributed by atoms with E-state index < -0.39 is 11.0 Å². The van der Waals surface area contributed by atoms with Crippen molar-refractivity contribution in [2.75, 3.05) is 11.9 Å². The summed E-state index contributed by atoms with van der Waals surface area (Å²) in [5, 5.41) is 14.5. The first-order valence-corrected chi connectivity index (χ1v) is 8.71. The molecule has 130 valence electrons. The number of ether oxygens (including phenoxy) is 1. The van der Waals surface area contributed by atoms with Crippen molar-refractivity contribution in [1.29, 1.82) is 0 Å². The highest BCUT2D eigenvalue weighted by molar-refractivity contribution is 7.18. The number of fused-ring (bicyclic) bond motifs is 1. The number of nitro benzene ring substituents is 1. The molecule has 0 saturated carbocycles. The smallest absolute Gasteiger partial charge is 0.412 e. The molecule has 2 aromatic rings. The summed E-state index contributed by atoms with van der Waals surface area (Å²) in [6.45, 7) is 1.96. The maximum atomic E-state index is 12.9. The molecule has 0 spiro atoms. The van der Waals surface area contributed by atoms with Crippen LogP contribution in [0.15, 0.2) is 24.3 Å². The van der Waals surface area contributed by atoms with Crippen LogP contribution in [0.25, 0.3) is 0 Å². The highest BCUT2D eigenvalue weighted by atomic mass is 32.1. The van der Waals surface area contributed by atoms with Gasteiger partial charge in [-0.05, 0) is 43.4 Å². The van der Waals surface area contributed by atoms with Crippen molar-refractivity contribution >= 4 is 33.9 Å². The highest BCUT2D eigenvalue weighted by Crippen LogP contribution is 2.41. The number of para-hydroxylation sites is 1. The van der Waals surface area contributed by atoms with E-state index in [2.05, 4.69) is 5.32 Å². The average Bonchev–Trinajstić information content (AvgIpc) is 3.18. The van der Waals surface area contributed by atoms with Crippen LogP contribution in [0.3, 0.4) is 0 Å². The normalized spacial score (nSPS) is 12.5. The molecule has 7 nitrogen and oxygen atoms in total. The minimum atomic E-state index is -0.567. The Balaban J connectivity index is 2.00. The summed E-state index contributed by atoms with van der Waals surface area (Å²) in [6, 6.07) is 5.91. The van der Waals surface area contributed by atoms with Gasteiger partial charge in [0.05, 0.1) is 16.4 Å². The second-order valence-electron chi connectivity index (χ2n) is 5.52. The number of nitrogens with zero attached hydrogens (tertiary/aromatic N) is 1. The van der Waals surface area contributed by atoms with Crippen LogP contribution in [0.4, 0.5) is 15.5 Å². The van der Waals surface area contributed by atoms with Crippen molar-refractivity contribution in [2.24, 2.45) is 0 Å². The van der Waals surface area contributed by atoms with Crippen LogP contribution in [0.1, 0.15) is 39.7 Å². The number of amides is 1. The number of hydrogen-bond acceptors (Lipinski definition) is 6. The zero-order valence-electron chi connectivity index (χ0n) is 13.5. The third-order valence-electron chi connectivity index (χ3n) is 4.01. The predicted octanol–water partition coefficient (Wildman–Crippen LogP) is 3.94. The summed E-state index contributed by atoms with van der Waals surface area (Å²) >= 11 is 1.16. The standard InChI is InChI=1S/C17H16N2O5S/c1-2-24-17(21)18-16-11-8-5-7-10(11)15(25-16)14(20)12-6-3-4-9-13(12)19(22)23/h3-4,6,9H,2,5,7-8H2,1H3,(H,18,21). The van der Waals surface area contributed by atoms with Crippen LogP contribution in [0.2, 0.25) is 0 Å². The molecule has 0 saturated heterocycles. The molecule has 1 amide bonds. The summed E-state index contributed by atoms with van der Waals surface area (Å²) < 4.78 is 4.89. The van der Waals surface area contributed by atoms with Crippen molar-refractivity contribution in [2.45, 2.75) is 26.2 Å². The third-order valence-corrected chi connectivity index (χ3v) is 5.20. The van der Waals surface area contributed by atoms with E-state index in [0.717, 1.165) is 41.7 Å². The number of rotatable bonds is 5. The SMILES string of the molecule is CCOC(=O)Nc1sc(C(=O)c2ccccc2[N+](=O)[O-])c2c1CCC2. The average molecular weight is 360 g/mol. The van der Waals surface area contributed by atoms with E-state index in [1.54, 1.807) is 13.0 Å². The number of carbonyl (C=O) groups is 2. The quantitative estimate of drug-likeness (QED) is 0.494. The van der Waals surface area contributed by atoms with Gasteiger partial charge in [0.1, 0.15) is 10.6 Å². The molecule has 8 heteroatoms. The zero-order valence-corrected chi connectivity index (χ0v) is 14.4. The number of ketones is 1. The fourth-order valence-corrected chi connectivity index (χ4v) is 4.20. The molecule has 1 aliphatic rings. The second-order valence-corrected chi connectivity index (χ2v) is 6.54. The Kier molecular flexibility index (Phi) is 4.80. The second kappa shape index (κ2) is 7.02. The van der Waals surface area contributed by atoms with Crippen molar-refractivity contribution in [3.05, 3.63) is 55.9 Å². The van der Waals surface area contributed by atoms with Gasteiger partial charge in [-0.2, -0.15) is 0 Å². The van der Waals surface area contributed by atoms with E-state index in [1.165, 1.54) is 18.2 Å². The lowest BCUT2D eigenvalue weighted by atomic mass is 10.0. The maximum absolute atomic E-state index is 12.9. The van der Waals surface area contributed by atoms with E-state index in [-0.39, 0.29) is 23.6 Å². The van der Waals surface area contributed by atoms with E-state index >= 15 is 0 Å². The fourth-order valence-electron chi connectivity index (χ4n) is 2.96. The number of thiophene rings is 1. The first kappa shape index (κ1) is 17.1. The predicted molar refractivity (Wildman–Crippen MR) is 93.5 cm³/mol. The number of benzene rings is 1. The molecule has 0 radical (unpaired) electrons. The number of hydrogen-bond donors (Lipinski definition) is 1. The lowest BCUT2D eigenvalue weighted by molar-refractivity contribution is -0.385. The molecule has 0 atom stereocenters. The van der Waals surface area contributed by atoms with Crippen molar-refractivity contribution in [3.8, 4) is 0 Å². The highest BCUT2D eigenvalue weighted by Gasteiger charge is 2.30. The van der Waals surface area contributed by atoms with Crippen LogP contribution < -0.4 is 5.32 Å². The minimum Gasteiger partial charge on any atom is -0.450 e. The van der Waals surface area contributed by atoms with E-state index in [0.29, 0.717) is 9.88 Å². The van der Waals surface area contributed by atoms with Gasteiger partial charge >= 0.3 is 6.09 Å². The first-order valence-electron chi connectivity index (χ1n) is 7.89. The van der Waals surface area contributed by atoms with Crippen LogP contribution in [-0.4, -0.2) is 23.4 Å². The Morgan fingerprint density at radius 3 is 2.72 bits per heavy atom. The van der Waals surface area contributed by atoms with Crippen molar-refractivity contribution in [1.82, 2.24) is 0 Å². The Bertz CT molecular complexity index is 859. The summed E-state index contributed by atoms with van der Waals surface area (Å²) in [4.78, 5) is 35.7. The van der Waals surface area contributed by atoms with Crippen LogP contribution in [-0.2, 0) is 17.6 Å². The van der Waals surface area contributed by atoms with Gasteiger partial charge in [-0.25, -0.2) is 4.79 Å². The van der Waals surface area contributed by atoms with Crippen LogP contribution >= 0.6 is 11.3 Å². The van der Waals surface area contributed by atoms with Gasteiger partial charge in [0.25, 0.3) is 5.69 Å². The Morgan fingerprint density at radius 1 is 1.28 bits per heavy atom. The van der Waals surface area contributed by atoms with Crippen molar-refractivity contribution in [3.63, 3.8) is 0 Å². The summed E-state index contributed by atoms with van der Waals surface area (Å²) in [5.74, 6) is -0.382. The van der Waals surface area contributed by atoms with Crippen LogP contribution in [0, 0.1) is 10.1 Å². The van der Waals surface area contributed by atoms with Gasteiger partial charge in [0, 0.05) is 6.07 Å². The Labute approximate surface area is 147 Å². The van der Waals surface area contributed by atoms with Gasteiger partial charge in [-0.3, -0.25) is 20.2 Å². The lowest BCUT2D eigenvalue weighted by Gasteiger charge is -2.04. The maximum Gasteiger partial charge on any atom is 0.412 e. The third kappa shape index (κ3) is 3.25. The largest absolute Gasteiger partial charge is 0.450 e. The molecule has 0 bridgehead atoms. The van der Waals surface area contributed by atoms with Gasteiger partial charge in [0.2, 0.25) is 5.78 Å². The molecule has 1 aromatic heterocycles. The fraction of sp³-hybridized carbons (Fsp3) is 0.294. The molecule has 0 fully saturated rings. The first-order chi connectivity index (χ1) is 12.0. The zero-order chi connectivity index (χ0) is 18.0. The molecule has 3 rings (SSSR count). The molecule has 0 unspecified atom stereocenters. The molecule has 0 aliphatic heterocycles. The van der Waals surface area contributed by atoms with Gasteiger partial charge in [0.15, 0.2) is 0 Å². The van der Waals surface area contributed by atoms with E-state index in [1.807, 2.05) is 0 Å². The Hall–Kier alpha value is -2.74. The molecule has 1 heterocycles. The molecular weight excluding hydrogens is 344 g/mol. The number of carbonyl (C=O) groups excluding carboxylic acids is 2. The minimum absolute atomic E-state index is 0.0612. The molecular formula is C17H16N2O5S. The molecule has 1 aromatic carbocycles. The van der Waals surface area contributed by atoms with E-state index in [9.17, 15) is 19.7 Å². The monoisotopic (exact) mass is 360 g/mol. The number of anilines is 1.